The van der Waals surface area contributed by atoms with Crippen LogP contribution in [-0.2, 0) is 16.0 Å². The minimum atomic E-state index is -0.731. The van der Waals surface area contributed by atoms with Crippen LogP contribution in [-0.4, -0.2) is 17.2 Å². The van der Waals surface area contributed by atoms with Crippen LogP contribution in [0.1, 0.15) is 18.9 Å². The monoisotopic (exact) mass is 271 g/mol. The van der Waals surface area contributed by atoms with Crippen LogP contribution in [0.15, 0.2) is 12.1 Å². The quantitative estimate of drug-likeness (QED) is 0.479. The zero-order chi connectivity index (χ0) is 13.3. The molecule has 0 saturated carbocycles. The molecule has 1 aromatic rings. The minimum Gasteiger partial charge on any atom is -0.454 e. The molecule has 1 heterocycles. The molecule has 0 aliphatic carbocycles. The van der Waals surface area contributed by atoms with E-state index in [0.717, 1.165) is 0 Å². The van der Waals surface area contributed by atoms with E-state index in [1.54, 1.807) is 6.92 Å². The summed E-state index contributed by atoms with van der Waals surface area (Å²) in [5.41, 5.74) is 0.432. The second-order valence-electron chi connectivity index (χ2n) is 3.76. The molecule has 0 radical (unpaired) electrons. The fourth-order valence-corrected chi connectivity index (χ4v) is 1.88. The summed E-state index contributed by atoms with van der Waals surface area (Å²) in [5.74, 6) is 0.0351. The van der Waals surface area contributed by atoms with Crippen molar-refractivity contribution in [1.82, 2.24) is 0 Å². The van der Waals surface area contributed by atoms with Gasteiger partial charge in [0.15, 0.2) is 0 Å². The lowest BCUT2D eigenvalue weighted by Crippen LogP contribution is -2.21. The Bertz CT molecular complexity index is 516. The lowest BCUT2D eigenvalue weighted by Gasteiger charge is -2.10. The summed E-state index contributed by atoms with van der Waals surface area (Å²) >= 11 is 5.75. The van der Waals surface area contributed by atoms with Gasteiger partial charge in [0.25, 0.3) is 5.69 Å². The number of ether oxygens (including phenoxy) is 2. The molecule has 0 aromatic heterocycles. The smallest absolute Gasteiger partial charge is 0.308 e. The molecule has 0 spiro atoms. The van der Waals surface area contributed by atoms with Gasteiger partial charge in [0.1, 0.15) is 10.8 Å². The maximum Gasteiger partial charge on any atom is 0.308 e. The molecule has 0 fully saturated rings. The molecule has 96 valence electrons. The van der Waals surface area contributed by atoms with Crippen molar-refractivity contribution < 1.29 is 19.2 Å². The highest BCUT2D eigenvalue weighted by Crippen LogP contribution is 2.37. The van der Waals surface area contributed by atoms with Gasteiger partial charge in [-0.15, -0.1) is 0 Å². The van der Waals surface area contributed by atoms with Crippen molar-refractivity contribution in [1.29, 1.82) is 0 Å². The van der Waals surface area contributed by atoms with Crippen LogP contribution >= 0.6 is 11.6 Å². The maximum absolute atomic E-state index is 11.1. The standard InChI is InChI=1S/C11H10ClNO5/c1-2-10(14)18-11-4-6-3-8(13(15)16)7(12)5-9(6)17-11/h3,5,11H,2,4H2,1H3. The third-order valence-corrected chi connectivity index (χ3v) is 2.83. The minimum absolute atomic E-state index is 0.00113. The molecule has 0 saturated heterocycles. The van der Waals surface area contributed by atoms with Crippen LogP contribution in [0.3, 0.4) is 0 Å². The number of carbonyl (C=O) groups is 1. The molecule has 0 N–H and O–H groups in total. The number of hydrogen-bond donors (Lipinski definition) is 0. The van der Waals surface area contributed by atoms with Gasteiger partial charge in [0, 0.05) is 24.1 Å². The lowest BCUT2D eigenvalue weighted by atomic mass is 10.1. The number of benzene rings is 1. The van der Waals surface area contributed by atoms with Crippen LogP contribution in [0.4, 0.5) is 5.69 Å². The number of nitrogens with zero attached hydrogens (tertiary/aromatic N) is 1. The predicted octanol–water partition coefficient (Wildman–Crippen LogP) is 2.46. The van der Waals surface area contributed by atoms with Gasteiger partial charge in [-0.05, 0) is 0 Å². The van der Waals surface area contributed by atoms with Crippen LogP contribution < -0.4 is 4.74 Å². The normalized spacial score (nSPS) is 16.9. The highest BCUT2D eigenvalue weighted by Gasteiger charge is 2.29. The highest BCUT2D eigenvalue weighted by molar-refractivity contribution is 6.32. The molecular formula is C11H10ClNO5. The number of esters is 1. The first-order valence-corrected chi connectivity index (χ1v) is 5.72. The molecule has 2 rings (SSSR count). The topological polar surface area (TPSA) is 78.7 Å². The van der Waals surface area contributed by atoms with Crippen molar-refractivity contribution in [2.75, 3.05) is 0 Å². The van der Waals surface area contributed by atoms with Crippen molar-refractivity contribution in [3.63, 3.8) is 0 Å². The summed E-state index contributed by atoms with van der Waals surface area (Å²) in [6, 6.07) is 2.71. The van der Waals surface area contributed by atoms with Crippen molar-refractivity contribution in [3.8, 4) is 5.75 Å². The van der Waals surface area contributed by atoms with E-state index in [0.29, 0.717) is 17.7 Å². The zero-order valence-electron chi connectivity index (χ0n) is 9.51. The number of nitro groups is 1. The first kappa shape index (κ1) is 12.6. The molecule has 1 atom stereocenters. The van der Waals surface area contributed by atoms with Gasteiger partial charge in [-0.3, -0.25) is 14.9 Å². The highest BCUT2D eigenvalue weighted by atomic mass is 35.5. The van der Waals surface area contributed by atoms with Crippen molar-refractivity contribution >= 4 is 23.3 Å². The molecule has 0 amide bonds. The first-order valence-electron chi connectivity index (χ1n) is 5.34. The molecule has 0 bridgehead atoms. The van der Waals surface area contributed by atoms with Gasteiger partial charge in [-0.2, -0.15) is 0 Å². The Kier molecular flexibility index (Phi) is 3.38. The lowest BCUT2D eigenvalue weighted by molar-refractivity contribution is -0.384. The van der Waals surface area contributed by atoms with E-state index >= 15 is 0 Å². The average Bonchev–Trinajstić information content (AvgIpc) is 2.68. The summed E-state index contributed by atoms with van der Waals surface area (Å²) in [5, 5.41) is 10.7. The first-order chi connectivity index (χ1) is 8.51. The summed E-state index contributed by atoms with van der Waals surface area (Å²) in [6.45, 7) is 1.67. The Labute approximate surface area is 108 Å². The summed E-state index contributed by atoms with van der Waals surface area (Å²) in [6.07, 6.45) is -0.193. The molecule has 1 unspecified atom stereocenters. The zero-order valence-corrected chi connectivity index (χ0v) is 10.3. The van der Waals surface area contributed by atoms with Crippen molar-refractivity contribution in [3.05, 3.63) is 32.8 Å². The van der Waals surface area contributed by atoms with Gasteiger partial charge in [-0.1, -0.05) is 18.5 Å². The molecule has 7 heteroatoms. The van der Waals surface area contributed by atoms with E-state index < -0.39 is 11.2 Å². The third-order valence-electron chi connectivity index (χ3n) is 2.52. The fourth-order valence-electron chi connectivity index (χ4n) is 1.65. The largest absolute Gasteiger partial charge is 0.454 e. The number of rotatable bonds is 3. The van der Waals surface area contributed by atoms with Gasteiger partial charge in [0.05, 0.1) is 11.3 Å². The second kappa shape index (κ2) is 4.81. The van der Waals surface area contributed by atoms with Gasteiger partial charge in [-0.25, -0.2) is 0 Å². The maximum atomic E-state index is 11.1. The summed E-state index contributed by atoms with van der Waals surface area (Å²) in [4.78, 5) is 21.3. The molecule has 1 aliphatic rings. The van der Waals surface area contributed by atoms with Crippen LogP contribution in [0.25, 0.3) is 0 Å². The Morgan fingerprint density at radius 2 is 2.39 bits per heavy atom. The molecule has 1 aromatic carbocycles. The van der Waals surface area contributed by atoms with E-state index in [1.165, 1.54) is 12.1 Å². The van der Waals surface area contributed by atoms with Crippen LogP contribution in [0.5, 0.6) is 5.75 Å². The van der Waals surface area contributed by atoms with E-state index in [-0.39, 0.29) is 23.1 Å². The fraction of sp³-hybridized carbons (Fsp3) is 0.364. The number of fused-ring (bicyclic) bond motifs is 1. The summed E-state index contributed by atoms with van der Waals surface area (Å²) < 4.78 is 10.4. The molecule has 18 heavy (non-hydrogen) atoms. The third kappa shape index (κ3) is 2.38. The van der Waals surface area contributed by atoms with Crippen molar-refractivity contribution in [2.45, 2.75) is 26.1 Å². The Balaban J connectivity index is 2.20. The number of carbonyl (C=O) groups excluding carboxylic acids is 1. The Morgan fingerprint density at radius 3 is 3.00 bits per heavy atom. The second-order valence-corrected chi connectivity index (χ2v) is 4.17. The van der Waals surface area contributed by atoms with Gasteiger partial charge >= 0.3 is 5.97 Å². The van der Waals surface area contributed by atoms with E-state index in [1.807, 2.05) is 0 Å². The van der Waals surface area contributed by atoms with Crippen LogP contribution in [0, 0.1) is 10.1 Å². The molecule has 1 aliphatic heterocycles. The molecular weight excluding hydrogens is 262 g/mol. The van der Waals surface area contributed by atoms with Crippen molar-refractivity contribution in [2.24, 2.45) is 0 Å². The Hall–Kier alpha value is -1.82. The summed E-state index contributed by atoms with van der Waals surface area (Å²) in [7, 11) is 0. The number of halogens is 1. The van der Waals surface area contributed by atoms with E-state index in [2.05, 4.69) is 0 Å². The van der Waals surface area contributed by atoms with E-state index in [4.69, 9.17) is 21.1 Å². The SMILES string of the molecule is CCC(=O)OC1Cc2cc([N+](=O)[O-])c(Cl)cc2O1. The predicted molar refractivity (Wildman–Crippen MR) is 62.6 cm³/mol. The van der Waals surface area contributed by atoms with E-state index in [9.17, 15) is 14.9 Å². The molecule has 6 nitrogen and oxygen atoms in total. The number of hydrogen-bond acceptors (Lipinski definition) is 5. The van der Waals surface area contributed by atoms with Gasteiger partial charge < -0.3 is 9.47 Å². The Morgan fingerprint density at radius 1 is 1.67 bits per heavy atom. The van der Waals surface area contributed by atoms with Gasteiger partial charge in [0.2, 0.25) is 6.29 Å². The number of nitro benzene ring substituents is 1. The average molecular weight is 272 g/mol. The van der Waals surface area contributed by atoms with Crippen LogP contribution in [0.2, 0.25) is 5.02 Å².